The molecular weight excluding hydrogens is 303 g/mol. The maximum atomic E-state index is 9.16. The van der Waals surface area contributed by atoms with Gasteiger partial charge in [-0.1, -0.05) is 15.9 Å². The molecule has 0 aliphatic heterocycles. The first kappa shape index (κ1) is 13.0. The summed E-state index contributed by atoms with van der Waals surface area (Å²) in [6.45, 7) is 0. The summed E-state index contributed by atoms with van der Waals surface area (Å²) in [5.74, 6) is 0.299. The van der Waals surface area contributed by atoms with E-state index < -0.39 is 8.26 Å². The van der Waals surface area contributed by atoms with Crippen LogP contribution in [0.5, 0.6) is 5.75 Å². The Bertz CT molecular complexity index is 320. The molecule has 13 heavy (non-hydrogen) atoms. The summed E-state index contributed by atoms with van der Waals surface area (Å²) >= 11 is 3.23. The van der Waals surface area contributed by atoms with Crippen molar-refractivity contribution in [1.82, 2.24) is 0 Å². The topological polar surface area (TPSA) is 54.4 Å². The molecule has 0 bridgehead atoms. The summed E-state index contributed by atoms with van der Waals surface area (Å²) in [5.41, 5.74) is 0. The average molecular weight is 308 g/mol. The van der Waals surface area contributed by atoms with E-state index in [1.54, 1.807) is 24.3 Å². The number of phenolic OH excluding ortho intramolecular Hbond substituents is 1. The first-order valence-electron chi connectivity index (χ1n) is 2.88. The van der Waals surface area contributed by atoms with Crippen molar-refractivity contribution in [3.63, 3.8) is 0 Å². The van der Waals surface area contributed by atoms with Crippen molar-refractivity contribution in [2.75, 3.05) is 0 Å². The van der Waals surface area contributed by atoms with Crippen LogP contribution >= 0.6 is 37.3 Å². The molecule has 0 amide bonds. The maximum Gasteiger partial charge on any atom is 0.317 e. The van der Waals surface area contributed by atoms with Crippen molar-refractivity contribution in [1.29, 1.82) is 0 Å². The van der Waals surface area contributed by atoms with E-state index in [9.17, 15) is 0 Å². The zero-order valence-corrected chi connectivity index (χ0v) is 10.0. The Hall–Kier alpha value is 0.0300. The van der Waals surface area contributed by atoms with Crippen LogP contribution in [-0.4, -0.2) is 13.5 Å². The smallest absolute Gasteiger partial charge is 0.317 e. The molecule has 1 aromatic carbocycles. The predicted molar refractivity (Wildman–Crippen MR) is 56.4 cm³/mol. The van der Waals surface area contributed by atoms with Gasteiger partial charge in [-0.2, -0.15) is 8.42 Å². The predicted octanol–water partition coefficient (Wildman–Crippen LogP) is 2.86. The van der Waals surface area contributed by atoms with E-state index in [2.05, 4.69) is 37.3 Å². The number of phenols is 1. The third-order valence-corrected chi connectivity index (χ3v) is 1.36. The van der Waals surface area contributed by atoms with Gasteiger partial charge < -0.3 is 5.11 Å². The monoisotopic (exact) mass is 306 g/mol. The highest BCUT2D eigenvalue weighted by Gasteiger charge is 1.88. The lowest BCUT2D eigenvalue weighted by Crippen LogP contribution is -1.63. The Labute approximate surface area is 93.3 Å². The second-order valence-electron chi connectivity index (χ2n) is 1.85. The van der Waals surface area contributed by atoms with Gasteiger partial charge in [0.05, 0.1) is 0 Å². The van der Waals surface area contributed by atoms with E-state index in [0.29, 0.717) is 5.75 Å². The van der Waals surface area contributed by atoms with E-state index >= 15 is 0 Å². The molecule has 74 valence electrons. The van der Waals surface area contributed by atoms with Crippen LogP contribution in [0, 0.1) is 0 Å². The van der Waals surface area contributed by atoms with Gasteiger partial charge in [-0.25, -0.2) is 0 Å². The normalized spacial score (nSPS) is 10.1. The highest BCUT2D eigenvalue weighted by atomic mass is 79.9. The number of hydrogen-bond donors (Lipinski definition) is 1. The Balaban J connectivity index is 0.000000252. The molecule has 7 heteroatoms. The van der Waals surface area contributed by atoms with E-state index in [1.165, 1.54) is 0 Å². The standard InChI is InChI=1S/C6H5BrO.Cl2O2S/c7-5-1-3-6(8)4-2-5;1-5(2,3)4/h1-4,8H;. The fourth-order valence-electron chi connectivity index (χ4n) is 0.441. The second-order valence-corrected chi connectivity index (χ2v) is 6.44. The molecule has 3 nitrogen and oxygen atoms in total. The van der Waals surface area contributed by atoms with Gasteiger partial charge >= 0.3 is 8.26 Å². The Morgan fingerprint density at radius 3 is 1.69 bits per heavy atom. The highest BCUT2D eigenvalue weighted by Crippen LogP contribution is 2.13. The van der Waals surface area contributed by atoms with Gasteiger partial charge in [-0.15, -0.1) is 0 Å². The zero-order chi connectivity index (χ0) is 10.5. The molecule has 0 radical (unpaired) electrons. The lowest BCUT2D eigenvalue weighted by molar-refractivity contribution is 0.475. The Morgan fingerprint density at radius 1 is 1.15 bits per heavy atom. The molecule has 0 fully saturated rings. The average Bonchev–Trinajstić information content (AvgIpc) is 1.92. The largest absolute Gasteiger partial charge is 0.508 e. The molecule has 0 aromatic heterocycles. The Kier molecular flexibility index (Phi) is 5.71. The van der Waals surface area contributed by atoms with Crippen molar-refractivity contribution in [2.45, 2.75) is 0 Å². The molecule has 0 aliphatic rings. The minimum absolute atomic E-state index is 0.299. The van der Waals surface area contributed by atoms with E-state index in [-0.39, 0.29) is 0 Å². The zero-order valence-electron chi connectivity index (χ0n) is 6.12. The number of benzene rings is 1. The van der Waals surface area contributed by atoms with Crippen LogP contribution in [0.4, 0.5) is 0 Å². The van der Waals surface area contributed by atoms with Gasteiger partial charge in [0.15, 0.2) is 0 Å². The van der Waals surface area contributed by atoms with E-state index in [0.717, 1.165) is 4.47 Å². The second kappa shape index (κ2) is 5.70. The third-order valence-electron chi connectivity index (χ3n) is 0.827. The number of hydrogen-bond acceptors (Lipinski definition) is 3. The lowest BCUT2D eigenvalue weighted by atomic mass is 10.3. The van der Waals surface area contributed by atoms with Gasteiger partial charge in [0.2, 0.25) is 0 Å². The summed E-state index contributed by atoms with van der Waals surface area (Å²) in [6.07, 6.45) is 0. The summed E-state index contributed by atoms with van der Waals surface area (Å²) in [4.78, 5) is 0. The Morgan fingerprint density at radius 2 is 1.46 bits per heavy atom. The van der Waals surface area contributed by atoms with Crippen molar-refractivity contribution in [3.05, 3.63) is 28.7 Å². The van der Waals surface area contributed by atoms with Crippen LogP contribution in [0.15, 0.2) is 28.7 Å². The molecule has 1 aromatic rings. The van der Waals surface area contributed by atoms with Crippen LogP contribution in [0.1, 0.15) is 0 Å². The van der Waals surface area contributed by atoms with Crippen molar-refractivity contribution in [2.24, 2.45) is 0 Å². The number of aromatic hydroxyl groups is 1. The van der Waals surface area contributed by atoms with Gasteiger partial charge in [0.25, 0.3) is 0 Å². The van der Waals surface area contributed by atoms with Crippen LogP contribution in [0.2, 0.25) is 0 Å². The summed E-state index contributed by atoms with van der Waals surface area (Å²) in [6, 6.07) is 6.83. The van der Waals surface area contributed by atoms with Gasteiger partial charge in [0, 0.05) is 25.8 Å². The van der Waals surface area contributed by atoms with Gasteiger partial charge in [0.1, 0.15) is 5.75 Å². The molecule has 1 rings (SSSR count). The number of halogens is 3. The molecule has 0 heterocycles. The van der Waals surface area contributed by atoms with Crippen LogP contribution < -0.4 is 0 Å². The lowest BCUT2D eigenvalue weighted by Gasteiger charge is -1.87. The van der Waals surface area contributed by atoms with Gasteiger partial charge in [-0.3, -0.25) is 0 Å². The van der Waals surface area contributed by atoms with Crippen LogP contribution in [0.3, 0.4) is 0 Å². The summed E-state index contributed by atoms with van der Waals surface area (Å²) in [5, 5.41) is 8.74. The maximum absolute atomic E-state index is 9.16. The van der Waals surface area contributed by atoms with Gasteiger partial charge in [-0.05, 0) is 24.3 Å². The molecule has 0 saturated carbocycles. The van der Waals surface area contributed by atoms with Crippen LogP contribution in [0.25, 0.3) is 0 Å². The highest BCUT2D eigenvalue weighted by molar-refractivity contribution is 9.10. The molecule has 0 saturated heterocycles. The first-order chi connectivity index (χ1) is 5.79. The summed E-state index contributed by atoms with van der Waals surface area (Å²) < 4.78 is 19.3. The molecule has 0 aliphatic carbocycles. The molecule has 0 unspecified atom stereocenters. The summed E-state index contributed by atoms with van der Waals surface area (Å²) in [7, 11) is 4.81. The van der Waals surface area contributed by atoms with Crippen LogP contribution in [-0.2, 0) is 8.26 Å². The molecule has 1 N–H and O–H groups in total. The molecule has 0 atom stereocenters. The van der Waals surface area contributed by atoms with Crippen molar-refractivity contribution in [3.8, 4) is 5.75 Å². The minimum Gasteiger partial charge on any atom is -0.508 e. The van der Waals surface area contributed by atoms with E-state index in [4.69, 9.17) is 13.5 Å². The first-order valence-corrected chi connectivity index (χ1v) is 6.80. The van der Waals surface area contributed by atoms with Crippen molar-refractivity contribution < 1.29 is 13.5 Å². The quantitative estimate of drug-likeness (QED) is 0.750. The molecule has 0 spiro atoms. The minimum atomic E-state index is -3.72. The molecular formula is C6H5BrCl2O3S. The fraction of sp³-hybridized carbons (Fsp3) is 0. The fourth-order valence-corrected chi connectivity index (χ4v) is 0.705. The van der Waals surface area contributed by atoms with Crippen molar-refractivity contribution >= 4 is 45.6 Å². The van der Waals surface area contributed by atoms with E-state index in [1.807, 2.05) is 0 Å². The SMILES string of the molecule is O=S(=O)(Cl)Cl.Oc1ccc(Br)cc1. The number of rotatable bonds is 0. The third kappa shape index (κ3) is 12.0.